The quantitative estimate of drug-likeness (QED) is 0.762. The molecule has 5 rings (SSSR count). The largest absolute Gasteiger partial charge is 0.491 e. The van der Waals surface area contributed by atoms with E-state index < -0.39 is 18.1 Å². The highest BCUT2D eigenvalue weighted by atomic mass is 19.1. The number of alkyl halides is 1. The van der Waals surface area contributed by atoms with Crippen molar-refractivity contribution in [2.75, 3.05) is 19.8 Å². The van der Waals surface area contributed by atoms with Crippen LogP contribution in [0.4, 0.5) is 4.39 Å². The van der Waals surface area contributed by atoms with Gasteiger partial charge in [0.25, 0.3) is 5.91 Å². The summed E-state index contributed by atoms with van der Waals surface area (Å²) < 4.78 is 33.9. The molecule has 2 aliphatic heterocycles. The topological polar surface area (TPSA) is 98.4 Å². The molecule has 3 atom stereocenters. The summed E-state index contributed by atoms with van der Waals surface area (Å²) >= 11 is 0. The number of rotatable bonds is 6. The molecule has 1 N–H and O–H groups in total. The van der Waals surface area contributed by atoms with Crippen molar-refractivity contribution in [3.8, 4) is 17.7 Å². The summed E-state index contributed by atoms with van der Waals surface area (Å²) in [6, 6.07) is 7.28. The summed E-state index contributed by atoms with van der Waals surface area (Å²) in [5.74, 6) is 1.10. The maximum Gasteiger partial charge on any atom is 0.272 e. The number of ether oxygens (including phenoxy) is 3. The summed E-state index contributed by atoms with van der Waals surface area (Å²) in [7, 11) is 0. The van der Waals surface area contributed by atoms with Gasteiger partial charge in [0.05, 0.1) is 24.3 Å². The fourth-order valence-corrected chi connectivity index (χ4v) is 3.83. The highest BCUT2D eigenvalue weighted by Crippen LogP contribution is 2.35. The van der Waals surface area contributed by atoms with Crippen LogP contribution < -0.4 is 14.8 Å². The first-order chi connectivity index (χ1) is 15.1. The molecule has 0 bridgehead atoms. The van der Waals surface area contributed by atoms with Crippen molar-refractivity contribution >= 4 is 5.91 Å². The van der Waals surface area contributed by atoms with Crippen LogP contribution in [0.25, 0.3) is 0 Å². The number of fused-ring (bicyclic) bond motifs is 2. The van der Waals surface area contributed by atoms with Crippen LogP contribution in [0.5, 0.6) is 11.6 Å². The Hall–Kier alpha value is -3.12. The number of carbonyl (C=O) groups excluding carboxylic acids is 1. The lowest BCUT2D eigenvalue weighted by Gasteiger charge is -2.29. The predicted molar refractivity (Wildman–Crippen MR) is 107 cm³/mol. The van der Waals surface area contributed by atoms with Crippen LogP contribution in [-0.2, 0) is 11.3 Å². The number of carbonyl (C=O) groups is 1. The lowest BCUT2D eigenvalue weighted by molar-refractivity contribution is 0.0221. The van der Waals surface area contributed by atoms with E-state index in [9.17, 15) is 4.79 Å². The molecule has 8 nitrogen and oxygen atoms in total. The fourth-order valence-electron chi connectivity index (χ4n) is 3.83. The third kappa shape index (κ3) is 4.21. The Morgan fingerprint density at radius 2 is 2.19 bits per heavy atom. The first-order valence-electron chi connectivity index (χ1n) is 10.5. The molecular formula is C22H23FN4O4. The Morgan fingerprint density at radius 3 is 3.00 bits per heavy atom. The van der Waals surface area contributed by atoms with Gasteiger partial charge in [0.15, 0.2) is 11.9 Å². The van der Waals surface area contributed by atoms with Crippen molar-refractivity contribution in [3.05, 3.63) is 41.1 Å². The molecule has 1 amide bonds. The average Bonchev–Trinajstić information content (AvgIpc) is 3.51. The normalized spacial score (nSPS) is 24.2. The van der Waals surface area contributed by atoms with Gasteiger partial charge in [0.1, 0.15) is 18.5 Å². The third-order valence-electron chi connectivity index (χ3n) is 5.80. The predicted octanol–water partition coefficient (Wildman–Crippen LogP) is 2.53. The van der Waals surface area contributed by atoms with Crippen molar-refractivity contribution in [1.29, 1.82) is 5.26 Å². The minimum absolute atomic E-state index is 0.00369. The maximum atomic E-state index is 15.0. The van der Waals surface area contributed by atoms with Gasteiger partial charge in [0.2, 0.25) is 5.88 Å². The van der Waals surface area contributed by atoms with Gasteiger partial charge in [0, 0.05) is 31.2 Å². The number of nitrogens with one attached hydrogen (secondary N) is 1. The number of hydrogen-bond acceptors (Lipinski definition) is 6. The zero-order valence-electron chi connectivity index (χ0n) is 16.9. The number of aryl methyl sites for hydroxylation is 1. The number of amides is 1. The van der Waals surface area contributed by atoms with E-state index in [-0.39, 0.29) is 24.0 Å². The molecule has 0 radical (unpaired) electrons. The summed E-state index contributed by atoms with van der Waals surface area (Å²) in [4.78, 5) is 12.7. The summed E-state index contributed by atoms with van der Waals surface area (Å²) in [5, 5.41) is 16.0. The van der Waals surface area contributed by atoms with Gasteiger partial charge in [-0.2, -0.15) is 10.4 Å². The monoisotopic (exact) mass is 426 g/mol. The van der Waals surface area contributed by atoms with Gasteiger partial charge >= 0.3 is 0 Å². The fraction of sp³-hybridized carbons (Fsp3) is 0.500. The van der Waals surface area contributed by atoms with E-state index in [4.69, 9.17) is 19.5 Å². The maximum absolute atomic E-state index is 15.0. The van der Waals surface area contributed by atoms with Crippen molar-refractivity contribution in [2.45, 2.75) is 44.1 Å². The summed E-state index contributed by atoms with van der Waals surface area (Å²) in [6.45, 7) is 1.93. The Balaban J connectivity index is 1.21. The van der Waals surface area contributed by atoms with Gasteiger partial charge in [-0.3, -0.25) is 4.79 Å². The van der Waals surface area contributed by atoms with E-state index in [0.717, 1.165) is 13.0 Å². The number of benzene rings is 1. The molecule has 3 heterocycles. The Bertz CT molecular complexity index is 1030. The van der Waals surface area contributed by atoms with Gasteiger partial charge in [-0.25, -0.2) is 9.07 Å². The minimum atomic E-state index is -1.48. The van der Waals surface area contributed by atoms with Gasteiger partial charge in [-0.1, -0.05) is 0 Å². The molecule has 9 heteroatoms. The van der Waals surface area contributed by atoms with Crippen LogP contribution in [0, 0.1) is 17.2 Å². The zero-order chi connectivity index (χ0) is 21.4. The second-order valence-corrected chi connectivity index (χ2v) is 8.26. The smallest absolute Gasteiger partial charge is 0.272 e. The zero-order valence-corrected chi connectivity index (χ0v) is 16.9. The van der Waals surface area contributed by atoms with Crippen LogP contribution in [0.2, 0.25) is 0 Å². The minimum Gasteiger partial charge on any atom is -0.491 e. The molecule has 31 heavy (non-hydrogen) atoms. The molecule has 1 aromatic carbocycles. The van der Waals surface area contributed by atoms with Crippen LogP contribution in [-0.4, -0.2) is 47.7 Å². The molecule has 1 unspecified atom stereocenters. The molecule has 1 fully saturated rings. The lowest BCUT2D eigenvalue weighted by atomic mass is 9.98. The van der Waals surface area contributed by atoms with Gasteiger partial charge in [-0.15, -0.1) is 0 Å². The molecule has 1 aliphatic carbocycles. The first-order valence-corrected chi connectivity index (χ1v) is 10.5. The number of nitrogens with zero attached hydrogens (tertiary/aromatic N) is 3. The van der Waals surface area contributed by atoms with E-state index in [1.807, 2.05) is 6.07 Å². The summed E-state index contributed by atoms with van der Waals surface area (Å²) in [5.41, 5.74) is 0.766. The molecule has 2 aromatic rings. The van der Waals surface area contributed by atoms with Gasteiger partial charge in [-0.05, 0) is 37.0 Å². The lowest BCUT2D eigenvalue weighted by Crippen LogP contribution is -2.44. The van der Waals surface area contributed by atoms with E-state index in [0.29, 0.717) is 36.3 Å². The third-order valence-corrected chi connectivity index (χ3v) is 5.80. The average molecular weight is 426 g/mol. The number of nitriles is 1. The van der Waals surface area contributed by atoms with Crippen LogP contribution in [0.3, 0.4) is 0 Å². The van der Waals surface area contributed by atoms with Crippen molar-refractivity contribution in [3.63, 3.8) is 0 Å². The molecule has 1 aromatic heterocycles. The van der Waals surface area contributed by atoms with Crippen molar-refractivity contribution < 1.29 is 23.4 Å². The standard InChI is InChI=1S/C22H23FN4O4/c23-21-16-7-14(9-24)3-4-19(16)30-12-18(21)25-22(28)17-8-20-27(26-17)6-5-15(31-20)11-29-10-13-1-2-13/h3-4,7-8,13,15,18,21H,1-2,5-6,10-12H2,(H,25,28)/t15-,18-,21?/m0/s1. The molecule has 3 aliphatic rings. The van der Waals surface area contributed by atoms with E-state index in [1.54, 1.807) is 22.9 Å². The van der Waals surface area contributed by atoms with Crippen LogP contribution >= 0.6 is 0 Å². The number of aromatic nitrogens is 2. The molecule has 0 spiro atoms. The Kier molecular flexibility index (Phi) is 5.24. The highest BCUT2D eigenvalue weighted by Gasteiger charge is 2.34. The van der Waals surface area contributed by atoms with E-state index >= 15 is 4.39 Å². The van der Waals surface area contributed by atoms with E-state index in [2.05, 4.69) is 10.4 Å². The first kappa shape index (κ1) is 19.8. The second kappa shape index (κ2) is 8.19. The molecule has 0 saturated heterocycles. The van der Waals surface area contributed by atoms with Crippen molar-refractivity contribution in [2.24, 2.45) is 5.92 Å². The Labute approximate surface area is 178 Å². The van der Waals surface area contributed by atoms with Crippen LogP contribution in [0.15, 0.2) is 24.3 Å². The van der Waals surface area contributed by atoms with Crippen molar-refractivity contribution in [1.82, 2.24) is 15.1 Å². The highest BCUT2D eigenvalue weighted by molar-refractivity contribution is 5.92. The number of hydrogen-bond donors (Lipinski definition) is 1. The molecule has 1 saturated carbocycles. The number of halogens is 1. The molecule has 162 valence electrons. The SMILES string of the molecule is N#Cc1ccc2c(c1)C(F)[C@@H](NC(=O)c1cc3n(n1)CC[C@@H](COCC1CC1)O3)CO2. The van der Waals surface area contributed by atoms with Crippen LogP contribution in [0.1, 0.15) is 47.0 Å². The Morgan fingerprint density at radius 1 is 1.32 bits per heavy atom. The van der Waals surface area contributed by atoms with Gasteiger partial charge < -0.3 is 19.5 Å². The molecular weight excluding hydrogens is 403 g/mol. The van der Waals surface area contributed by atoms with E-state index in [1.165, 1.54) is 18.9 Å². The summed E-state index contributed by atoms with van der Waals surface area (Å²) in [6.07, 6.45) is 1.69. The second-order valence-electron chi connectivity index (χ2n) is 8.26.